The van der Waals surface area contributed by atoms with Gasteiger partial charge in [0.2, 0.25) is 0 Å². The van der Waals surface area contributed by atoms with Crippen LogP contribution in [0.5, 0.6) is 0 Å². The van der Waals surface area contributed by atoms with Crippen LogP contribution in [-0.2, 0) is 13.0 Å². The molecule has 0 fully saturated rings. The molecule has 19 heavy (non-hydrogen) atoms. The van der Waals surface area contributed by atoms with E-state index in [0.29, 0.717) is 18.1 Å². The number of nitrogen functional groups attached to an aromatic ring is 1. The molecule has 2 aromatic heterocycles. The number of carboxylic acid groups (broad SMARTS) is 1. The van der Waals surface area contributed by atoms with Crippen LogP contribution in [0.1, 0.15) is 20.8 Å². The van der Waals surface area contributed by atoms with Crippen molar-refractivity contribution in [1.29, 1.82) is 0 Å². The Kier molecular flexibility index (Phi) is 2.87. The second-order valence-corrected chi connectivity index (χ2v) is 5.49. The van der Waals surface area contributed by atoms with Crippen LogP contribution in [0.25, 0.3) is 0 Å². The van der Waals surface area contributed by atoms with Gasteiger partial charge in [0.15, 0.2) is 0 Å². The molecular weight excluding hydrogens is 262 g/mol. The molecule has 1 aliphatic rings. The van der Waals surface area contributed by atoms with Crippen LogP contribution in [0.15, 0.2) is 23.7 Å². The number of pyridine rings is 1. The predicted octanol–water partition coefficient (Wildman–Crippen LogP) is 1.99. The fraction of sp³-hybridized carbons (Fsp3) is 0.231. The van der Waals surface area contributed by atoms with Gasteiger partial charge in [0.1, 0.15) is 11.4 Å². The first kappa shape index (κ1) is 12.0. The van der Waals surface area contributed by atoms with E-state index in [1.807, 2.05) is 4.90 Å². The predicted molar refractivity (Wildman–Crippen MR) is 74.7 cm³/mol. The first-order chi connectivity index (χ1) is 9.15. The third kappa shape index (κ3) is 2.15. The summed E-state index contributed by atoms with van der Waals surface area (Å²) in [5.41, 5.74) is 7.40. The zero-order valence-corrected chi connectivity index (χ0v) is 11.0. The monoisotopic (exact) mass is 275 g/mol. The largest absolute Gasteiger partial charge is 0.478 e. The van der Waals surface area contributed by atoms with Crippen LogP contribution < -0.4 is 10.6 Å². The molecule has 3 rings (SSSR count). The smallest absolute Gasteiger partial charge is 0.339 e. The van der Waals surface area contributed by atoms with Gasteiger partial charge in [0.25, 0.3) is 0 Å². The lowest BCUT2D eigenvalue weighted by atomic mass is 10.1. The maximum absolute atomic E-state index is 11.3. The zero-order valence-electron chi connectivity index (χ0n) is 10.2. The summed E-state index contributed by atoms with van der Waals surface area (Å²) in [6.07, 6.45) is 2.43. The summed E-state index contributed by atoms with van der Waals surface area (Å²) in [4.78, 5) is 18.9. The molecule has 3 N–H and O–H groups in total. The van der Waals surface area contributed by atoms with Crippen LogP contribution in [0.3, 0.4) is 0 Å². The maximum atomic E-state index is 11.3. The molecule has 0 unspecified atom stereocenters. The number of carboxylic acids is 1. The van der Waals surface area contributed by atoms with Crippen molar-refractivity contribution in [3.8, 4) is 0 Å². The van der Waals surface area contributed by atoms with Crippen LogP contribution in [0, 0.1) is 0 Å². The average Bonchev–Trinajstić information content (AvgIpc) is 2.85. The lowest BCUT2D eigenvalue weighted by molar-refractivity contribution is 0.0697. The standard InChI is InChI=1S/C13H13N3O2S/c14-9-5-10(13(17)18)12(15-6-9)16-3-1-11-8(7-16)2-4-19-11/h2,4-6H,1,3,7,14H2,(H,17,18). The molecule has 0 saturated carbocycles. The molecule has 3 heterocycles. The number of fused-ring (bicyclic) bond motifs is 1. The average molecular weight is 275 g/mol. The summed E-state index contributed by atoms with van der Waals surface area (Å²) in [7, 11) is 0. The van der Waals surface area contributed by atoms with E-state index in [4.69, 9.17) is 5.73 Å². The quantitative estimate of drug-likeness (QED) is 0.876. The maximum Gasteiger partial charge on any atom is 0.339 e. The first-order valence-corrected chi connectivity index (χ1v) is 6.82. The molecule has 6 heteroatoms. The van der Waals surface area contributed by atoms with Gasteiger partial charge in [-0.15, -0.1) is 11.3 Å². The van der Waals surface area contributed by atoms with Crippen LogP contribution in [0.4, 0.5) is 11.5 Å². The Hall–Kier alpha value is -2.08. The number of nitrogens with zero attached hydrogens (tertiary/aromatic N) is 2. The fourth-order valence-corrected chi connectivity index (χ4v) is 3.20. The molecule has 0 amide bonds. The molecule has 5 nitrogen and oxygen atoms in total. The normalized spacial score (nSPS) is 14.2. The lowest BCUT2D eigenvalue weighted by Gasteiger charge is -2.29. The second-order valence-electron chi connectivity index (χ2n) is 4.49. The summed E-state index contributed by atoms with van der Waals surface area (Å²) in [5, 5.41) is 11.3. The Labute approximate surface area is 114 Å². The topological polar surface area (TPSA) is 79.5 Å². The zero-order chi connectivity index (χ0) is 13.4. The Bertz CT molecular complexity index is 639. The minimum Gasteiger partial charge on any atom is -0.478 e. The Morgan fingerprint density at radius 2 is 2.37 bits per heavy atom. The summed E-state index contributed by atoms with van der Waals surface area (Å²) in [6.45, 7) is 1.49. The molecule has 1 aliphatic heterocycles. The van der Waals surface area contributed by atoms with Crippen LogP contribution in [-0.4, -0.2) is 22.6 Å². The Balaban J connectivity index is 1.98. The van der Waals surface area contributed by atoms with Gasteiger partial charge >= 0.3 is 5.97 Å². The summed E-state index contributed by atoms with van der Waals surface area (Å²) >= 11 is 1.75. The number of nitrogens with two attached hydrogens (primary N) is 1. The molecule has 2 aromatic rings. The van der Waals surface area contributed by atoms with Gasteiger partial charge in [-0.25, -0.2) is 9.78 Å². The number of hydrogen-bond donors (Lipinski definition) is 2. The van der Waals surface area contributed by atoms with E-state index in [2.05, 4.69) is 16.4 Å². The van der Waals surface area contributed by atoms with Crippen LogP contribution >= 0.6 is 11.3 Å². The van der Waals surface area contributed by atoms with E-state index in [1.165, 1.54) is 22.7 Å². The van der Waals surface area contributed by atoms with E-state index in [1.54, 1.807) is 11.3 Å². The van der Waals surface area contributed by atoms with Crippen molar-refractivity contribution in [1.82, 2.24) is 4.98 Å². The number of hydrogen-bond acceptors (Lipinski definition) is 5. The van der Waals surface area contributed by atoms with E-state index in [-0.39, 0.29) is 5.56 Å². The molecule has 0 radical (unpaired) electrons. The molecule has 0 spiro atoms. The molecule has 0 aliphatic carbocycles. The Morgan fingerprint density at radius 3 is 3.16 bits per heavy atom. The van der Waals surface area contributed by atoms with Gasteiger partial charge in [0.05, 0.1) is 11.9 Å². The Morgan fingerprint density at radius 1 is 1.53 bits per heavy atom. The van der Waals surface area contributed by atoms with Crippen molar-refractivity contribution in [3.05, 3.63) is 39.7 Å². The fourth-order valence-electron chi connectivity index (χ4n) is 2.31. The summed E-state index contributed by atoms with van der Waals surface area (Å²) in [5.74, 6) is -0.496. The van der Waals surface area contributed by atoms with Gasteiger partial charge in [-0.05, 0) is 29.5 Å². The molecule has 0 saturated heterocycles. The van der Waals surface area contributed by atoms with Crippen molar-refractivity contribution in [3.63, 3.8) is 0 Å². The third-order valence-electron chi connectivity index (χ3n) is 3.23. The van der Waals surface area contributed by atoms with E-state index in [0.717, 1.165) is 13.0 Å². The van der Waals surface area contributed by atoms with Gasteiger partial charge < -0.3 is 15.7 Å². The van der Waals surface area contributed by atoms with E-state index < -0.39 is 5.97 Å². The number of aromatic carboxylic acids is 1. The van der Waals surface area contributed by atoms with E-state index >= 15 is 0 Å². The highest BCUT2D eigenvalue weighted by molar-refractivity contribution is 7.10. The lowest BCUT2D eigenvalue weighted by Crippen LogP contribution is -2.31. The van der Waals surface area contributed by atoms with Crippen LogP contribution in [0.2, 0.25) is 0 Å². The highest BCUT2D eigenvalue weighted by atomic mass is 32.1. The number of rotatable bonds is 2. The SMILES string of the molecule is Nc1cnc(N2CCc3sccc3C2)c(C(=O)O)c1. The van der Waals surface area contributed by atoms with Gasteiger partial charge in [-0.2, -0.15) is 0 Å². The van der Waals surface area contributed by atoms with Crippen molar-refractivity contribution in [2.45, 2.75) is 13.0 Å². The van der Waals surface area contributed by atoms with Crippen molar-refractivity contribution in [2.24, 2.45) is 0 Å². The summed E-state index contributed by atoms with van der Waals surface area (Å²) in [6, 6.07) is 3.55. The van der Waals surface area contributed by atoms with Gasteiger partial charge in [-0.3, -0.25) is 0 Å². The minimum absolute atomic E-state index is 0.165. The van der Waals surface area contributed by atoms with Crippen molar-refractivity contribution >= 4 is 28.8 Å². The van der Waals surface area contributed by atoms with Gasteiger partial charge in [-0.1, -0.05) is 0 Å². The highest BCUT2D eigenvalue weighted by Crippen LogP contribution is 2.29. The van der Waals surface area contributed by atoms with E-state index in [9.17, 15) is 9.90 Å². The minimum atomic E-state index is -0.995. The second kappa shape index (κ2) is 4.55. The van der Waals surface area contributed by atoms with Crippen molar-refractivity contribution in [2.75, 3.05) is 17.2 Å². The molecule has 98 valence electrons. The number of thiophene rings is 1. The van der Waals surface area contributed by atoms with Crippen molar-refractivity contribution < 1.29 is 9.90 Å². The molecule has 0 atom stereocenters. The highest BCUT2D eigenvalue weighted by Gasteiger charge is 2.23. The third-order valence-corrected chi connectivity index (χ3v) is 4.25. The molecule has 0 aromatic carbocycles. The van der Waals surface area contributed by atoms with Gasteiger partial charge in [0, 0.05) is 18.0 Å². The number of anilines is 2. The number of aromatic nitrogens is 1. The molecular formula is C13H13N3O2S. The summed E-state index contributed by atoms with van der Waals surface area (Å²) < 4.78 is 0. The first-order valence-electron chi connectivity index (χ1n) is 5.94. The number of carbonyl (C=O) groups is 1. The molecule has 0 bridgehead atoms.